The first-order valence-corrected chi connectivity index (χ1v) is 7.65. The van der Waals surface area contributed by atoms with Crippen molar-refractivity contribution in [3.05, 3.63) is 30.1 Å². The van der Waals surface area contributed by atoms with E-state index < -0.39 is 0 Å². The third-order valence-corrected chi connectivity index (χ3v) is 3.82. The van der Waals surface area contributed by atoms with E-state index >= 15 is 0 Å². The fourth-order valence-electron chi connectivity index (χ4n) is 1.70. The summed E-state index contributed by atoms with van der Waals surface area (Å²) in [5.74, 6) is 1.58. The van der Waals surface area contributed by atoms with Gasteiger partial charge in [-0.25, -0.2) is 0 Å². The zero-order valence-corrected chi connectivity index (χ0v) is 12.3. The number of carbonyl (C=O) groups excluding carboxylic acids is 1. The zero-order chi connectivity index (χ0) is 14.1. The highest BCUT2D eigenvalue weighted by atomic mass is 32.2. The second kappa shape index (κ2) is 8.93. The van der Waals surface area contributed by atoms with Crippen molar-refractivity contribution in [1.29, 1.82) is 0 Å². The van der Waals surface area contributed by atoms with Crippen LogP contribution >= 0.6 is 11.8 Å². The molecular formula is C14H22N2O2S. The molecule has 1 rings (SSSR count). The Labute approximate surface area is 119 Å². The molecule has 1 amide bonds. The zero-order valence-electron chi connectivity index (χ0n) is 11.5. The summed E-state index contributed by atoms with van der Waals surface area (Å²) in [6, 6.07) is 3.95. The van der Waals surface area contributed by atoms with E-state index in [4.69, 9.17) is 5.11 Å². The number of nitrogens with one attached hydrogen (secondary N) is 1. The molecule has 0 saturated carbocycles. The van der Waals surface area contributed by atoms with Gasteiger partial charge in [0.15, 0.2) is 0 Å². The maximum absolute atomic E-state index is 11.8. The summed E-state index contributed by atoms with van der Waals surface area (Å²) in [5, 5.41) is 11.9. The lowest BCUT2D eigenvalue weighted by Crippen LogP contribution is -2.40. The molecule has 0 aliphatic rings. The third kappa shape index (κ3) is 6.59. The molecule has 1 aromatic rings. The largest absolute Gasteiger partial charge is 0.396 e. The Morgan fingerprint density at radius 2 is 2.32 bits per heavy atom. The standard InChI is InChI=1S/C14H22N2O2S/c1-11(2)13(5-7-17)16-14(18)10-19-9-12-4-3-6-15-8-12/h3-4,6,8,11,13,17H,5,7,9-10H2,1-2H3,(H,16,18). The lowest BCUT2D eigenvalue weighted by Gasteiger charge is -2.21. The van der Waals surface area contributed by atoms with Crippen LogP contribution in [0.25, 0.3) is 0 Å². The second-order valence-electron chi connectivity index (χ2n) is 4.78. The topological polar surface area (TPSA) is 62.2 Å². The molecule has 1 aromatic heterocycles. The smallest absolute Gasteiger partial charge is 0.230 e. The summed E-state index contributed by atoms with van der Waals surface area (Å²) >= 11 is 1.57. The van der Waals surface area contributed by atoms with Crippen LogP contribution in [-0.2, 0) is 10.5 Å². The molecule has 0 spiro atoms. The molecule has 5 heteroatoms. The summed E-state index contributed by atoms with van der Waals surface area (Å²) in [6.07, 6.45) is 4.16. The first kappa shape index (κ1) is 16.0. The van der Waals surface area contributed by atoms with Gasteiger partial charge in [-0.05, 0) is 24.0 Å². The number of pyridine rings is 1. The molecule has 0 radical (unpaired) electrons. The van der Waals surface area contributed by atoms with Crippen molar-refractivity contribution in [2.45, 2.75) is 32.1 Å². The van der Waals surface area contributed by atoms with Crippen molar-refractivity contribution >= 4 is 17.7 Å². The number of nitrogens with zero attached hydrogens (tertiary/aromatic N) is 1. The summed E-state index contributed by atoms with van der Waals surface area (Å²) in [4.78, 5) is 15.8. The first-order chi connectivity index (χ1) is 9.13. The number of thioether (sulfide) groups is 1. The number of aromatic nitrogens is 1. The van der Waals surface area contributed by atoms with E-state index in [0.29, 0.717) is 18.1 Å². The summed E-state index contributed by atoms with van der Waals surface area (Å²) in [7, 11) is 0. The van der Waals surface area contributed by atoms with Crippen molar-refractivity contribution in [3.63, 3.8) is 0 Å². The van der Waals surface area contributed by atoms with Crippen molar-refractivity contribution < 1.29 is 9.90 Å². The number of aliphatic hydroxyl groups is 1. The van der Waals surface area contributed by atoms with Crippen LogP contribution in [-0.4, -0.2) is 34.4 Å². The van der Waals surface area contributed by atoms with Gasteiger partial charge >= 0.3 is 0 Å². The van der Waals surface area contributed by atoms with Crippen LogP contribution in [0.2, 0.25) is 0 Å². The SMILES string of the molecule is CC(C)C(CCO)NC(=O)CSCc1cccnc1. The Bertz CT molecular complexity index is 371. The number of hydrogen-bond donors (Lipinski definition) is 2. The molecule has 1 atom stereocenters. The van der Waals surface area contributed by atoms with Crippen LogP contribution in [0.5, 0.6) is 0 Å². The van der Waals surface area contributed by atoms with Gasteiger partial charge in [-0.2, -0.15) is 0 Å². The highest BCUT2D eigenvalue weighted by Gasteiger charge is 2.15. The van der Waals surface area contributed by atoms with Crippen molar-refractivity contribution in [2.75, 3.05) is 12.4 Å². The molecule has 0 aromatic carbocycles. The van der Waals surface area contributed by atoms with E-state index in [-0.39, 0.29) is 18.6 Å². The van der Waals surface area contributed by atoms with E-state index in [1.54, 1.807) is 18.0 Å². The third-order valence-electron chi connectivity index (χ3n) is 2.82. The first-order valence-electron chi connectivity index (χ1n) is 6.50. The summed E-state index contributed by atoms with van der Waals surface area (Å²) in [5.41, 5.74) is 1.12. The minimum absolute atomic E-state index is 0.0287. The van der Waals surface area contributed by atoms with Crippen LogP contribution in [0.3, 0.4) is 0 Å². The average Bonchev–Trinajstić information content (AvgIpc) is 2.39. The Balaban J connectivity index is 2.27. The molecule has 1 heterocycles. The molecule has 4 nitrogen and oxygen atoms in total. The molecule has 2 N–H and O–H groups in total. The highest BCUT2D eigenvalue weighted by Crippen LogP contribution is 2.11. The minimum atomic E-state index is 0.0287. The maximum atomic E-state index is 11.8. The Morgan fingerprint density at radius 1 is 1.53 bits per heavy atom. The number of amides is 1. The normalized spacial score (nSPS) is 12.4. The molecule has 0 saturated heterocycles. The van der Waals surface area contributed by atoms with E-state index in [1.807, 2.05) is 32.2 Å². The number of rotatable bonds is 8. The van der Waals surface area contributed by atoms with Crippen LogP contribution in [0, 0.1) is 5.92 Å². The Morgan fingerprint density at radius 3 is 2.89 bits per heavy atom. The molecule has 1 unspecified atom stereocenters. The van der Waals surface area contributed by atoms with Gasteiger partial charge in [0.25, 0.3) is 0 Å². The van der Waals surface area contributed by atoms with E-state index in [0.717, 1.165) is 11.3 Å². The van der Waals surface area contributed by atoms with E-state index in [9.17, 15) is 4.79 Å². The predicted molar refractivity (Wildman–Crippen MR) is 78.9 cm³/mol. The predicted octanol–water partition coefficient (Wildman–Crippen LogP) is 1.84. The van der Waals surface area contributed by atoms with E-state index in [2.05, 4.69) is 10.3 Å². The lowest BCUT2D eigenvalue weighted by molar-refractivity contribution is -0.119. The van der Waals surface area contributed by atoms with Crippen LogP contribution < -0.4 is 5.32 Å². The Kier molecular flexibility index (Phi) is 7.52. The number of aliphatic hydroxyl groups excluding tert-OH is 1. The van der Waals surface area contributed by atoms with Gasteiger partial charge in [0.1, 0.15) is 0 Å². The molecule has 19 heavy (non-hydrogen) atoms. The van der Waals surface area contributed by atoms with Gasteiger partial charge < -0.3 is 10.4 Å². The van der Waals surface area contributed by atoms with Crippen molar-refractivity contribution in [3.8, 4) is 0 Å². The molecule has 106 valence electrons. The Hall–Kier alpha value is -1.07. The van der Waals surface area contributed by atoms with Crippen LogP contribution in [0.15, 0.2) is 24.5 Å². The quantitative estimate of drug-likeness (QED) is 0.764. The molecular weight excluding hydrogens is 260 g/mol. The van der Waals surface area contributed by atoms with Gasteiger partial charge in [-0.15, -0.1) is 11.8 Å². The number of carbonyl (C=O) groups is 1. The molecule has 0 aliphatic heterocycles. The maximum Gasteiger partial charge on any atom is 0.230 e. The lowest BCUT2D eigenvalue weighted by atomic mass is 10.0. The van der Waals surface area contributed by atoms with Crippen LogP contribution in [0.1, 0.15) is 25.8 Å². The van der Waals surface area contributed by atoms with Gasteiger partial charge in [0.05, 0.1) is 5.75 Å². The summed E-state index contributed by atoms with van der Waals surface area (Å²) in [6.45, 7) is 4.19. The van der Waals surface area contributed by atoms with Crippen LogP contribution in [0.4, 0.5) is 0 Å². The highest BCUT2D eigenvalue weighted by molar-refractivity contribution is 7.99. The van der Waals surface area contributed by atoms with Gasteiger partial charge in [-0.3, -0.25) is 9.78 Å². The van der Waals surface area contributed by atoms with Gasteiger partial charge in [0.2, 0.25) is 5.91 Å². The molecule has 0 bridgehead atoms. The van der Waals surface area contributed by atoms with Crippen molar-refractivity contribution in [1.82, 2.24) is 10.3 Å². The second-order valence-corrected chi connectivity index (χ2v) is 5.77. The summed E-state index contributed by atoms with van der Waals surface area (Å²) < 4.78 is 0. The molecule has 0 fully saturated rings. The fourth-order valence-corrected chi connectivity index (χ4v) is 2.48. The molecule has 0 aliphatic carbocycles. The monoisotopic (exact) mass is 282 g/mol. The average molecular weight is 282 g/mol. The van der Waals surface area contributed by atoms with E-state index in [1.165, 1.54) is 0 Å². The fraction of sp³-hybridized carbons (Fsp3) is 0.571. The van der Waals surface area contributed by atoms with Crippen molar-refractivity contribution in [2.24, 2.45) is 5.92 Å². The van der Waals surface area contributed by atoms with Gasteiger partial charge in [-0.1, -0.05) is 19.9 Å². The van der Waals surface area contributed by atoms with Gasteiger partial charge in [0, 0.05) is 30.8 Å². The minimum Gasteiger partial charge on any atom is -0.396 e. The number of hydrogen-bond acceptors (Lipinski definition) is 4.